The highest BCUT2D eigenvalue weighted by molar-refractivity contribution is 5.95. The van der Waals surface area contributed by atoms with Crippen molar-refractivity contribution in [3.8, 4) is 0 Å². The normalized spacial score (nSPS) is 13.8. The van der Waals surface area contributed by atoms with Crippen molar-refractivity contribution in [2.24, 2.45) is 4.99 Å². The van der Waals surface area contributed by atoms with Crippen LogP contribution in [0.4, 0.5) is 5.69 Å². The van der Waals surface area contributed by atoms with E-state index in [2.05, 4.69) is 35.2 Å². The minimum absolute atomic E-state index is 0.219. The lowest BCUT2D eigenvalue weighted by atomic mass is 10.2. The number of benzene rings is 1. The molecule has 0 spiro atoms. The van der Waals surface area contributed by atoms with Crippen LogP contribution in [0, 0.1) is 0 Å². The molecule has 2 rings (SSSR count). The number of rotatable bonds is 7. The Morgan fingerprint density at radius 3 is 2.88 bits per heavy atom. The van der Waals surface area contributed by atoms with E-state index < -0.39 is 0 Å². The fourth-order valence-electron chi connectivity index (χ4n) is 3.06. The molecule has 1 amide bonds. The van der Waals surface area contributed by atoms with Crippen LogP contribution >= 0.6 is 0 Å². The molecule has 0 saturated carbocycles. The Hall–Kier alpha value is -2.04. The predicted molar refractivity (Wildman–Crippen MR) is 101 cm³/mol. The Morgan fingerprint density at radius 1 is 1.33 bits per heavy atom. The fourth-order valence-corrected chi connectivity index (χ4v) is 3.06. The average molecular weight is 330 g/mol. The molecule has 0 radical (unpaired) electrons. The van der Waals surface area contributed by atoms with Crippen molar-refractivity contribution in [3.63, 3.8) is 0 Å². The predicted octanol–water partition coefficient (Wildman–Crippen LogP) is 2.66. The Labute approximate surface area is 145 Å². The third-order valence-corrected chi connectivity index (χ3v) is 4.46. The van der Waals surface area contributed by atoms with Crippen LogP contribution in [0.15, 0.2) is 29.3 Å². The number of hydrogen-bond donors (Lipinski definition) is 1. The molecule has 0 unspecified atom stereocenters. The summed E-state index contributed by atoms with van der Waals surface area (Å²) >= 11 is 0. The van der Waals surface area contributed by atoms with Crippen molar-refractivity contribution in [3.05, 3.63) is 29.8 Å². The quantitative estimate of drug-likeness (QED) is 0.475. The van der Waals surface area contributed by atoms with Crippen molar-refractivity contribution < 1.29 is 4.79 Å². The highest BCUT2D eigenvalue weighted by atomic mass is 16.2. The molecule has 0 atom stereocenters. The second kappa shape index (κ2) is 9.30. The molecule has 1 aromatic rings. The van der Waals surface area contributed by atoms with E-state index in [0.717, 1.165) is 50.5 Å². The maximum Gasteiger partial charge on any atom is 0.227 e. The maximum atomic E-state index is 12.5. The molecule has 1 aliphatic rings. The zero-order valence-corrected chi connectivity index (χ0v) is 15.2. The van der Waals surface area contributed by atoms with Gasteiger partial charge in [0.05, 0.1) is 0 Å². The van der Waals surface area contributed by atoms with Gasteiger partial charge in [-0.2, -0.15) is 0 Å². The summed E-state index contributed by atoms with van der Waals surface area (Å²) in [6.07, 6.45) is 4.68. The summed E-state index contributed by atoms with van der Waals surface area (Å²) in [5.74, 6) is 1.12. The molecular weight excluding hydrogens is 300 g/mol. The van der Waals surface area contributed by atoms with Gasteiger partial charge in [0.25, 0.3) is 0 Å². The van der Waals surface area contributed by atoms with Crippen LogP contribution in [0.3, 0.4) is 0 Å². The molecule has 132 valence electrons. The maximum absolute atomic E-state index is 12.5. The zero-order valence-electron chi connectivity index (χ0n) is 15.2. The van der Waals surface area contributed by atoms with Gasteiger partial charge in [0, 0.05) is 45.8 Å². The van der Waals surface area contributed by atoms with Crippen LogP contribution in [0.5, 0.6) is 0 Å². The highest BCUT2D eigenvalue weighted by Crippen LogP contribution is 2.27. The first-order valence-corrected chi connectivity index (χ1v) is 8.97. The Morgan fingerprint density at radius 2 is 2.12 bits per heavy atom. The number of fused-ring (bicyclic) bond motifs is 1. The molecular formula is C19H30N4O. The van der Waals surface area contributed by atoms with Gasteiger partial charge in [-0.1, -0.05) is 31.5 Å². The van der Waals surface area contributed by atoms with Crippen LogP contribution < -0.4 is 10.2 Å². The summed E-state index contributed by atoms with van der Waals surface area (Å²) in [6.45, 7) is 4.77. The number of unbranched alkanes of at least 4 members (excludes halogenated alkanes) is 1. The van der Waals surface area contributed by atoms with E-state index >= 15 is 0 Å². The van der Waals surface area contributed by atoms with E-state index in [1.165, 1.54) is 12.0 Å². The number of hydrogen-bond acceptors (Lipinski definition) is 2. The Kier molecular flexibility index (Phi) is 7.09. The Balaban J connectivity index is 1.73. The molecule has 5 heteroatoms. The molecule has 0 fully saturated rings. The summed E-state index contributed by atoms with van der Waals surface area (Å²) in [7, 11) is 3.86. The fraction of sp³-hybridized carbons (Fsp3) is 0.579. The molecule has 1 N–H and O–H groups in total. The lowest BCUT2D eigenvalue weighted by molar-refractivity contribution is -0.118. The van der Waals surface area contributed by atoms with Gasteiger partial charge < -0.3 is 15.1 Å². The number of carbonyl (C=O) groups is 1. The number of anilines is 1. The van der Waals surface area contributed by atoms with Gasteiger partial charge in [0.2, 0.25) is 5.91 Å². The van der Waals surface area contributed by atoms with Crippen molar-refractivity contribution in [1.82, 2.24) is 10.2 Å². The largest absolute Gasteiger partial charge is 0.356 e. The minimum Gasteiger partial charge on any atom is -0.356 e. The number of carbonyl (C=O) groups excluding carboxylic acids is 1. The second-order valence-corrected chi connectivity index (χ2v) is 6.28. The average Bonchev–Trinajstić information content (AvgIpc) is 3.03. The minimum atomic E-state index is 0.219. The monoisotopic (exact) mass is 330 g/mol. The van der Waals surface area contributed by atoms with Crippen LogP contribution in [0.2, 0.25) is 0 Å². The highest BCUT2D eigenvalue weighted by Gasteiger charge is 2.23. The molecule has 1 heterocycles. The first-order chi connectivity index (χ1) is 11.7. The molecule has 1 aromatic carbocycles. The molecule has 24 heavy (non-hydrogen) atoms. The summed E-state index contributed by atoms with van der Waals surface area (Å²) in [5.41, 5.74) is 2.37. The topological polar surface area (TPSA) is 47.9 Å². The van der Waals surface area contributed by atoms with Gasteiger partial charge in [-0.05, 0) is 30.9 Å². The zero-order chi connectivity index (χ0) is 17.4. The standard InChI is InChI=1S/C19H30N4O/c1-4-5-14-22(3)19(20-2)21-13-8-11-18(24)23-15-12-16-9-6-7-10-17(16)23/h6-7,9-10H,4-5,8,11-15H2,1-3H3,(H,20,21). The van der Waals surface area contributed by atoms with Gasteiger partial charge in [-0.15, -0.1) is 0 Å². The van der Waals surface area contributed by atoms with E-state index in [9.17, 15) is 4.79 Å². The summed E-state index contributed by atoms with van der Waals surface area (Å²) in [4.78, 5) is 20.8. The number of guanidine groups is 1. The first-order valence-electron chi connectivity index (χ1n) is 8.97. The van der Waals surface area contributed by atoms with E-state index in [-0.39, 0.29) is 5.91 Å². The number of para-hydroxylation sites is 1. The van der Waals surface area contributed by atoms with Crippen molar-refractivity contribution in [2.45, 2.75) is 39.0 Å². The van der Waals surface area contributed by atoms with Gasteiger partial charge in [0.15, 0.2) is 5.96 Å². The van der Waals surface area contributed by atoms with Crippen LogP contribution in [0.25, 0.3) is 0 Å². The smallest absolute Gasteiger partial charge is 0.227 e. The number of aliphatic imine (C=N–C) groups is 1. The lowest BCUT2D eigenvalue weighted by Gasteiger charge is -2.22. The summed E-state index contributed by atoms with van der Waals surface area (Å²) in [6, 6.07) is 8.20. The van der Waals surface area contributed by atoms with Crippen molar-refractivity contribution >= 4 is 17.6 Å². The first kappa shape index (κ1) is 18.3. The van der Waals surface area contributed by atoms with Crippen LogP contribution in [-0.4, -0.2) is 50.5 Å². The van der Waals surface area contributed by atoms with Crippen LogP contribution in [0.1, 0.15) is 38.2 Å². The summed E-state index contributed by atoms with van der Waals surface area (Å²) < 4.78 is 0. The van der Waals surface area contributed by atoms with Gasteiger partial charge >= 0.3 is 0 Å². The van der Waals surface area contributed by atoms with E-state index in [1.807, 2.05) is 23.1 Å². The Bertz CT molecular complexity index is 570. The number of nitrogens with one attached hydrogen (secondary N) is 1. The summed E-state index contributed by atoms with van der Waals surface area (Å²) in [5, 5.41) is 3.35. The lowest BCUT2D eigenvalue weighted by Crippen LogP contribution is -2.40. The number of amides is 1. The van der Waals surface area contributed by atoms with E-state index in [0.29, 0.717) is 6.42 Å². The van der Waals surface area contributed by atoms with Crippen LogP contribution in [-0.2, 0) is 11.2 Å². The van der Waals surface area contributed by atoms with Gasteiger partial charge in [0.1, 0.15) is 0 Å². The third kappa shape index (κ3) is 4.73. The third-order valence-electron chi connectivity index (χ3n) is 4.46. The van der Waals surface area contributed by atoms with E-state index in [4.69, 9.17) is 0 Å². The second-order valence-electron chi connectivity index (χ2n) is 6.28. The number of nitrogens with zero attached hydrogens (tertiary/aromatic N) is 3. The van der Waals surface area contributed by atoms with Gasteiger partial charge in [-0.25, -0.2) is 0 Å². The molecule has 0 aliphatic carbocycles. The molecule has 1 aliphatic heterocycles. The molecule has 5 nitrogen and oxygen atoms in total. The van der Waals surface area contributed by atoms with Crippen molar-refractivity contribution in [1.29, 1.82) is 0 Å². The molecule has 0 saturated heterocycles. The molecule has 0 bridgehead atoms. The van der Waals surface area contributed by atoms with E-state index in [1.54, 1.807) is 7.05 Å². The van der Waals surface area contributed by atoms with Crippen molar-refractivity contribution in [2.75, 3.05) is 38.6 Å². The SMILES string of the molecule is CCCCN(C)C(=NC)NCCCC(=O)N1CCc2ccccc21. The van der Waals surface area contributed by atoms with Gasteiger partial charge in [-0.3, -0.25) is 9.79 Å². The molecule has 0 aromatic heterocycles.